The molecule has 15 heavy (non-hydrogen) atoms. The Labute approximate surface area is 99.5 Å². The highest BCUT2D eigenvalue weighted by atomic mass is 35.5. The molecule has 0 bridgehead atoms. The molecule has 0 amide bonds. The second-order valence-corrected chi connectivity index (χ2v) is 4.79. The predicted molar refractivity (Wildman–Crippen MR) is 68.2 cm³/mol. The van der Waals surface area contributed by atoms with Gasteiger partial charge in [0.1, 0.15) is 0 Å². The van der Waals surface area contributed by atoms with Gasteiger partial charge < -0.3 is 0 Å². The molecule has 80 valence electrons. The SMILES string of the molecule is CC(=O)SCCC=Cc1cccc(Cl)c1. The zero-order valence-corrected chi connectivity index (χ0v) is 10.1. The van der Waals surface area contributed by atoms with Crippen LogP contribution in [0.4, 0.5) is 0 Å². The Balaban J connectivity index is 2.35. The van der Waals surface area contributed by atoms with E-state index in [9.17, 15) is 4.79 Å². The van der Waals surface area contributed by atoms with E-state index in [1.54, 1.807) is 6.92 Å². The van der Waals surface area contributed by atoms with E-state index >= 15 is 0 Å². The van der Waals surface area contributed by atoms with Crippen LogP contribution >= 0.6 is 23.4 Å². The third-order valence-corrected chi connectivity index (χ3v) is 2.83. The molecule has 0 saturated heterocycles. The smallest absolute Gasteiger partial charge is 0.185 e. The Hall–Kier alpha value is -0.730. The van der Waals surface area contributed by atoms with Crippen LogP contribution in [-0.4, -0.2) is 10.9 Å². The van der Waals surface area contributed by atoms with Crippen molar-refractivity contribution in [3.63, 3.8) is 0 Å². The van der Waals surface area contributed by atoms with Crippen molar-refractivity contribution in [3.8, 4) is 0 Å². The van der Waals surface area contributed by atoms with Gasteiger partial charge in [-0.25, -0.2) is 0 Å². The van der Waals surface area contributed by atoms with Crippen molar-refractivity contribution in [2.45, 2.75) is 13.3 Å². The fourth-order valence-corrected chi connectivity index (χ4v) is 1.84. The molecule has 0 aliphatic rings. The third-order valence-electron chi connectivity index (χ3n) is 1.75. The molecule has 0 spiro atoms. The number of halogens is 1. The van der Waals surface area contributed by atoms with Gasteiger partial charge in [-0.15, -0.1) is 0 Å². The molecule has 0 aliphatic heterocycles. The summed E-state index contributed by atoms with van der Waals surface area (Å²) in [5.74, 6) is 0.840. The molecule has 3 heteroatoms. The standard InChI is InChI=1S/C12H13ClOS/c1-10(14)15-8-3-2-5-11-6-4-7-12(13)9-11/h2,4-7,9H,3,8H2,1H3. The molecule has 0 saturated carbocycles. The van der Waals surface area contributed by atoms with Crippen LogP contribution in [0.3, 0.4) is 0 Å². The molecule has 1 rings (SSSR count). The Kier molecular flexibility index (Phi) is 5.51. The lowest BCUT2D eigenvalue weighted by Gasteiger charge is -1.94. The molecule has 0 heterocycles. The third kappa shape index (κ3) is 5.65. The van der Waals surface area contributed by atoms with E-state index in [-0.39, 0.29) is 5.12 Å². The zero-order chi connectivity index (χ0) is 11.1. The summed E-state index contributed by atoms with van der Waals surface area (Å²) < 4.78 is 0. The van der Waals surface area contributed by atoms with Gasteiger partial charge in [0.25, 0.3) is 0 Å². The Morgan fingerprint density at radius 2 is 2.33 bits per heavy atom. The first kappa shape index (κ1) is 12.3. The van der Waals surface area contributed by atoms with E-state index in [1.807, 2.05) is 30.3 Å². The van der Waals surface area contributed by atoms with Gasteiger partial charge in [-0.2, -0.15) is 0 Å². The molecule has 1 nitrogen and oxygen atoms in total. The van der Waals surface area contributed by atoms with Crippen molar-refractivity contribution in [2.75, 3.05) is 5.75 Å². The summed E-state index contributed by atoms with van der Waals surface area (Å²) in [6.45, 7) is 1.59. The summed E-state index contributed by atoms with van der Waals surface area (Å²) in [6.07, 6.45) is 4.98. The highest BCUT2D eigenvalue weighted by Crippen LogP contribution is 2.12. The van der Waals surface area contributed by atoms with Gasteiger partial charge in [0.15, 0.2) is 5.12 Å². The maximum absolute atomic E-state index is 10.6. The van der Waals surface area contributed by atoms with Gasteiger partial charge in [0.2, 0.25) is 0 Å². The second kappa shape index (κ2) is 6.70. The summed E-state index contributed by atoms with van der Waals surface area (Å²) in [5.41, 5.74) is 1.09. The monoisotopic (exact) mass is 240 g/mol. The number of hydrogen-bond donors (Lipinski definition) is 0. The Morgan fingerprint density at radius 1 is 1.53 bits per heavy atom. The minimum atomic E-state index is 0.172. The quantitative estimate of drug-likeness (QED) is 0.740. The number of thioether (sulfide) groups is 1. The number of allylic oxidation sites excluding steroid dienone is 1. The number of carbonyl (C=O) groups excluding carboxylic acids is 1. The van der Waals surface area contributed by atoms with E-state index in [0.717, 1.165) is 22.8 Å². The maximum Gasteiger partial charge on any atom is 0.185 e. The molecule has 1 aromatic rings. The lowest BCUT2D eigenvalue weighted by atomic mass is 10.2. The van der Waals surface area contributed by atoms with Crippen molar-refractivity contribution in [2.24, 2.45) is 0 Å². The summed E-state index contributed by atoms with van der Waals surface area (Å²) in [4.78, 5) is 10.6. The van der Waals surface area contributed by atoms with Gasteiger partial charge in [-0.05, 0) is 24.1 Å². The Bertz CT molecular complexity index is 360. The van der Waals surface area contributed by atoms with Crippen molar-refractivity contribution >= 4 is 34.6 Å². The molecule has 1 aromatic carbocycles. The van der Waals surface area contributed by atoms with Crippen molar-refractivity contribution in [3.05, 3.63) is 40.9 Å². The lowest BCUT2D eigenvalue weighted by Crippen LogP contribution is -1.83. The van der Waals surface area contributed by atoms with E-state index < -0.39 is 0 Å². The van der Waals surface area contributed by atoms with Gasteiger partial charge in [0.05, 0.1) is 0 Å². The van der Waals surface area contributed by atoms with Gasteiger partial charge in [-0.3, -0.25) is 4.79 Å². The average Bonchev–Trinajstić information content (AvgIpc) is 2.17. The minimum absolute atomic E-state index is 0.172. The zero-order valence-electron chi connectivity index (χ0n) is 8.57. The van der Waals surface area contributed by atoms with E-state index in [0.29, 0.717) is 0 Å². The predicted octanol–water partition coefficient (Wildman–Crippen LogP) is 4.02. The number of hydrogen-bond acceptors (Lipinski definition) is 2. The van der Waals surface area contributed by atoms with Gasteiger partial charge >= 0.3 is 0 Å². The number of benzene rings is 1. The lowest BCUT2D eigenvalue weighted by molar-refractivity contribution is -0.109. The first-order valence-corrected chi connectivity index (χ1v) is 6.10. The van der Waals surface area contributed by atoms with Gasteiger partial charge in [0, 0.05) is 17.7 Å². The van der Waals surface area contributed by atoms with Crippen LogP contribution in [0.5, 0.6) is 0 Å². The first-order chi connectivity index (χ1) is 7.18. The molecular weight excluding hydrogens is 228 g/mol. The van der Waals surface area contributed by atoms with Crippen LogP contribution < -0.4 is 0 Å². The summed E-state index contributed by atoms with van der Waals surface area (Å²) >= 11 is 7.20. The normalized spacial score (nSPS) is 10.8. The Morgan fingerprint density at radius 3 is 3.00 bits per heavy atom. The maximum atomic E-state index is 10.6. The summed E-state index contributed by atoms with van der Waals surface area (Å²) in [6, 6.07) is 7.69. The van der Waals surface area contributed by atoms with Crippen LogP contribution in [0.1, 0.15) is 18.9 Å². The van der Waals surface area contributed by atoms with Crippen LogP contribution in [0.2, 0.25) is 5.02 Å². The fourth-order valence-electron chi connectivity index (χ4n) is 1.10. The van der Waals surface area contributed by atoms with Crippen LogP contribution in [0, 0.1) is 0 Å². The highest BCUT2D eigenvalue weighted by molar-refractivity contribution is 8.13. The molecule has 0 unspecified atom stereocenters. The number of carbonyl (C=O) groups is 1. The van der Waals surface area contributed by atoms with Crippen molar-refractivity contribution in [1.29, 1.82) is 0 Å². The van der Waals surface area contributed by atoms with E-state index in [2.05, 4.69) is 6.08 Å². The summed E-state index contributed by atoms with van der Waals surface area (Å²) in [5, 5.41) is 0.918. The average molecular weight is 241 g/mol. The highest BCUT2D eigenvalue weighted by Gasteiger charge is 1.91. The van der Waals surface area contributed by atoms with E-state index in [1.165, 1.54) is 11.8 Å². The summed E-state index contributed by atoms with van der Waals surface area (Å²) in [7, 11) is 0. The first-order valence-electron chi connectivity index (χ1n) is 4.74. The topological polar surface area (TPSA) is 17.1 Å². The molecule has 0 aliphatic carbocycles. The second-order valence-electron chi connectivity index (χ2n) is 3.09. The molecule has 0 N–H and O–H groups in total. The van der Waals surface area contributed by atoms with Gasteiger partial charge in [-0.1, -0.05) is 47.6 Å². The molecular formula is C12H13ClOS. The fraction of sp³-hybridized carbons (Fsp3) is 0.250. The minimum Gasteiger partial charge on any atom is -0.288 e. The molecule has 0 atom stereocenters. The molecule has 0 radical (unpaired) electrons. The van der Waals surface area contributed by atoms with Crippen molar-refractivity contribution < 1.29 is 4.79 Å². The van der Waals surface area contributed by atoms with Crippen LogP contribution in [0.25, 0.3) is 6.08 Å². The molecule has 0 aromatic heterocycles. The molecule has 0 fully saturated rings. The van der Waals surface area contributed by atoms with Crippen LogP contribution in [-0.2, 0) is 4.79 Å². The largest absolute Gasteiger partial charge is 0.288 e. The van der Waals surface area contributed by atoms with E-state index in [4.69, 9.17) is 11.6 Å². The number of rotatable bonds is 4. The van der Waals surface area contributed by atoms with Crippen LogP contribution in [0.15, 0.2) is 30.3 Å². The van der Waals surface area contributed by atoms with Crippen molar-refractivity contribution in [1.82, 2.24) is 0 Å².